The molecule has 1 heterocycles. The Morgan fingerprint density at radius 3 is 2.57 bits per heavy atom. The second-order valence-electron chi connectivity index (χ2n) is 5.38. The molecule has 21 heavy (non-hydrogen) atoms. The first-order chi connectivity index (χ1) is 10.0. The molecule has 2 N–H and O–H groups in total. The fourth-order valence-electron chi connectivity index (χ4n) is 2.73. The van der Waals surface area contributed by atoms with Gasteiger partial charge in [-0.25, -0.2) is 9.37 Å². The Morgan fingerprint density at radius 1 is 1.19 bits per heavy atom. The summed E-state index contributed by atoms with van der Waals surface area (Å²) in [6, 6.07) is 14.5. The number of nitrogens with zero attached hydrogens (tertiary/aromatic N) is 2. The van der Waals surface area contributed by atoms with Crippen LogP contribution in [-0.2, 0) is 12.1 Å². The summed E-state index contributed by atoms with van der Waals surface area (Å²) in [4.78, 5) is 4.64. The van der Waals surface area contributed by atoms with Crippen LogP contribution in [0, 0.1) is 5.82 Å². The SMILES string of the molecule is CCn1c(C(C)(N)c2ccccc2)nc2ccc(F)cc21. The number of fused-ring (bicyclic) bond motifs is 1. The molecule has 0 bridgehead atoms. The highest BCUT2D eigenvalue weighted by Crippen LogP contribution is 2.29. The molecule has 1 aromatic heterocycles. The second-order valence-corrected chi connectivity index (χ2v) is 5.38. The van der Waals surface area contributed by atoms with Crippen molar-refractivity contribution in [2.24, 2.45) is 5.73 Å². The van der Waals surface area contributed by atoms with E-state index in [4.69, 9.17) is 5.73 Å². The molecule has 0 aliphatic rings. The average molecular weight is 283 g/mol. The van der Waals surface area contributed by atoms with Crippen molar-refractivity contribution in [1.29, 1.82) is 0 Å². The van der Waals surface area contributed by atoms with Crippen LogP contribution in [0.5, 0.6) is 0 Å². The van der Waals surface area contributed by atoms with Gasteiger partial charge in [0.25, 0.3) is 0 Å². The zero-order chi connectivity index (χ0) is 15.0. The van der Waals surface area contributed by atoms with Gasteiger partial charge < -0.3 is 10.3 Å². The molecule has 108 valence electrons. The van der Waals surface area contributed by atoms with E-state index in [-0.39, 0.29) is 5.82 Å². The first kappa shape index (κ1) is 13.8. The fourth-order valence-corrected chi connectivity index (χ4v) is 2.73. The van der Waals surface area contributed by atoms with Gasteiger partial charge in [-0.1, -0.05) is 30.3 Å². The summed E-state index contributed by atoms with van der Waals surface area (Å²) >= 11 is 0. The molecule has 1 unspecified atom stereocenters. The maximum atomic E-state index is 13.5. The number of nitrogens with two attached hydrogens (primary N) is 1. The summed E-state index contributed by atoms with van der Waals surface area (Å²) in [7, 11) is 0. The summed E-state index contributed by atoms with van der Waals surface area (Å²) in [5.41, 5.74) is 8.36. The van der Waals surface area contributed by atoms with Crippen LogP contribution in [0.4, 0.5) is 4.39 Å². The smallest absolute Gasteiger partial charge is 0.134 e. The van der Waals surface area contributed by atoms with E-state index in [1.54, 1.807) is 6.07 Å². The Hall–Kier alpha value is -2.20. The maximum absolute atomic E-state index is 13.5. The topological polar surface area (TPSA) is 43.8 Å². The molecule has 0 aliphatic heterocycles. The minimum Gasteiger partial charge on any atom is -0.326 e. The number of benzene rings is 2. The first-order valence-corrected chi connectivity index (χ1v) is 7.04. The predicted octanol–water partition coefficient (Wildman–Crippen LogP) is 3.42. The first-order valence-electron chi connectivity index (χ1n) is 7.04. The largest absolute Gasteiger partial charge is 0.326 e. The summed E-state index contributed by atoms with van der Waals surface area (Å²) in [6.45, 7) is 4.64. The predicted molar refractivity (Wildman–Crippen MR) is 82.4 cm³/mol. The van der Waals surface area contributed by atoms with Gasteiger partial charge >= 0.3 is 0 Å². The normalized spacial score (nSPS) is 14.3. The number of halogens is 1. The summed E-state index contributed by atoms with van der Waals surface area (Å²) in [6.07, 6.45) is 0. The highest BCUT2D eigenvalue weighted by atomic mass is 19.1. The molecular weight excluding hydrogens is 265 g/mol. The van der Waals surface area contributed by atoms with Crippen LogP contribution in [0.15, 0.2) is 48.5 Å². The van der Waals surface area contributed by atoms with E-state index in [1.807, 2.05) is 48.7 Å². The summed E-state index contributed by atoms with van der Waals surface area (Å²) in [5, 5.41) is 0. The molecule has 3 nitrogen and oxygen atoms in total. The third-order valence-electron chi connectivity index (χ3n) is 3.86. The van der Waals surface area contributed by atoms with Crippen molar-refractivity contribution in [3.05, 3.63) is 65.7 Å². The minimum atomic E-state index is -0.729. The van der Waals surface area contributed by atoms with Crippen molar-refractivity contribution in [3.63, 3.8) is 0 Å². The standard InChI is InChI=1S/C17H18FN3/c1-3-21-15-11-13(18)9-10-14(15)20-16(21)17(2,19)12-7-5-4-6-8-12/h4-11H,3,19H2,1-2H3. The Morgan fingerprint density at radius 2 is 1.90 bits per heavy atom. The van der Waals surface area contributed by atoms with E-state index < -0.39 is 5.54 Å². The van der Waals surface area contributed by atoms with Gasteiger partial charge in [0.2, 0.25) is 0 Å². The molecule has 0 amide bonds. The number of imidazole rings is 1. The van der Waals surface area contributed by atoms with E-state index in [1.165, 1.54) is 12.1 Å². The molecule has 4 heteroatoms. The van der Waals surface area contributed by atoms with Gasteiger partial charge in [-0.15, -0.1) is 0 Å². The lowest BCUT2D eigenvalue weighted by molar-refractivity contribution is 0.522. The molecule has 0 saturated heterocycles. The van der Waals surface area contributed by atoms with E-state index in [0.717, 1.165) is 22.4 Å². The lowest BCUT2D eigenvalue weighted by Gasteiger charge is -2.25. The van der Waals surface area contributed by atoms with Crippen LogP contribution < -0.4 is 5.73 Å². The van der Waals surface area contributed by atoms with Gasteiger partial charge in [0.1, 0.15) is 11.6 Å². The van der Waals surface area contributed by atoms with Crippen LogP contribution in [0.2, 0.25) is 0 Å². The number of rotatable bonds is 3. The lowest BCUT2D eigenvalue weighted by Crippen LogP contribution is -2.37. The summed E-state index contributed by atoms with van der Waals surface area (Å²) in [5.74, 6) is 0.485. The molecule has 3 rings (SSSR count). The molecule has 0 spiro atoms. The Balaban J connectivity index is 2.24. The quantitative estimate of drug-likeness (QED) is 0.800. The highest BCUT2D eigenvalue weighted by molar-refractivity contribution is 5.76. The third-order valence-corrected chi connectivity index (χ3v) is 3.86. The minimum absolute atomic E-state index is 0.262. The van der Waals surface area contributed by atoms with Crippen LogP contribution in [0.3, 0.4) is 0 Å². The zero-order valence-electron chi connectivity index (χ0n) is 12.2. The Kier molecular flexibility index (Phi) is 3.26. The number of aryl methyl sites for hydroxylation is 1. The van der Waals surface area contributed by atoms with Crippen molar-refractivity contribution >= 4 is 11.0 Å². The number of hydrogen-bond donors (Lipinski definition) is 1. The molecule has 0 aliphatic carbocycles. The molecule has 1 atom stereocenters. The van der Waals surface area contributed by atoms with Gasteiger partial charge in [-0.05, 0) is 37.6 Å². The van der Waals surface area contributed by atoms with E-state index >= 15 is 0 Å². The average Bonchev–Trinajstić information content (AvgIpc) is 2.86. The Bertz CT molecular complexity index is 775. The molecule has 0 fully saturated rings. The van der Waals surface area contributed by atoms with Gasteiger partial charge in [0, 0.05) is 6.54 Å². The maximum Gasteiger partial charge on any atom is 0.134 e. The highest BCUT2D eigenvalue weighted by Gasteiger charge is 2.29. The van der Waals surface area contributed by atoms with Crippen LogP contribution in [0.1, 0.15) is 25.2 Å². The number of hydrogen-bond acceptors (Lipinski definition) is 2. The van der Waals surface area contributed by atoms with Crippen molar-refractivity contribution < 1.29 is 4.39 Å². The van der Waals surface area contributed by atoms with Crippen LogP contribution >= 0.6 is 0 Å². The van der Waals surface area contributed by atoms with Crippen LogP contribution in [-0.4, -0.2) is 9.55 Å². The van der Waals surface area contributed by atoms with E-state index in [9.17, 15) is 4.39 Å². The van der Waals surface area contributed by atoms with Crippen molar-refractivity contribution in [3.8, 4) is 0 Å². The second kappa shape index (κ2) is 4.97. The molecule has 0 saturated carbocycles. The Labute approximate surface area is 123 Å². The monoisotopic (exact) mass is 283 g/mol. The lowest BCUT2D eigenvalue weighted by atomic mass is 9.92. The fraction of sp³-hybridized carbons (Fsp3) is 0.235. The van der Waals surface area contributed by atoms with E-state index in [2.05, 4.69) is 4.98 Å². The van der Waals surface area contributed by atoms with Gasteiger partial charge in [0.15, 0.2) is 0 Å². The number of aromatic nitrogens is 2. The van der Waals surface area contributed by atoms with Crippen molar-refractivity contribution in [2.45, 2.75) is 25.9 Å². The molecule has 0 radical (unpaired) electrons. The van der Waals surface area contributed by atoms with Crippen molar-refractivity contribution in [2.75, 3.05) is 0 Å². The van der Waals surface area contributed by atoms with Gasteiger partial charge in [-0.2, -0.15) is 0 Å². The molecule has 3 aromatic rings. The summed E-state index contributed by atoms with van der Waals surface area (Å²) < 4.78 is 15.5. The zero-order valence-corrected chi connectivity index (χ0v) is 12.2. The van der Waals surface area contributed by atoms with E-state index in [0.29, 0.717) is 6.54 Å². The molecular formula is C17H18FN3. The van der Waals surface area contributed by atoms with Gasteiger partial charge in [0.05, 0.1) is 16.6 Å². The van der Waals surface area contributed by atoms with Crippen LogP contribution in [0.25, 0.3) is 11.0 Å². The molecule has 2 aromatic carbocycles. The van der Waals surface area contributed by atoms with Crippen molar-refractivity contribution in [1.82, 2.24) is 9.55 Å². The van der Waals surface area contributed by atoms with Gasteiger partial charge in [-0.3, -0.25) is 0 Å². The third kappa shape index (κ3) is 2.21.